The first kappa shape index (κ1) is 19.6. The van der Waals surface area contributed by atoms with Crippen LogP contribution < -0.4 is 10.5 Å². The Labute approximate surface area is 152 Å². The third-order valence-electron chi connectivity index (χ3n) is 4.71. The second kappa shape index (κ2) is 6.86. The van der Waals surface area contributed by atoms with Crippen LogP contribution in [0.25, 0.3) is 0 Å². The molecule has 142 valence electrons. The summed E-state index contributed by atoms with van der Waals surface area (Å²) in [5.74, 6) is -2.34. The van der Waals surface area contributed by atoms with Crippen molar-refractivity contribution in [2.75, 3.05) is 26.4 Å². The lowest BCUT2D eigenvalue weighted by Crippen LogP contribution is -2.53. The number of methoxy groups -OCH3 is 1. The average molecular weight is 363 g/mol. The van der Waals surface area contributed by atoms with E-state index in [0.717, 1.165) is 10.5 Å². The van der Waals surface area contributed by atoms with Gasteiger partial charge in [0.15, 0.2) is 6.04 Å². The van der Waals surface area contributed by atoms with E-state index in [4.69, 9.17) is 10.5 Å². The van der Waals surface area contributed by atoms with Gasteiger partial charge in [-0.05, 0) is 50.5 Å². The van der Waals surface area contributed by atoms with Crippen molar-refractivity contribution in [2.45, 2.75) is 38.8 Å². The Kier molecular flexibility index (Phi) is 5.16. The van der Waals surface area contributed by atoms with E-state index >= 15 is 0 Å². The van der Waals surface area contributed by atoms with Gasteiger partial charge in [0.2, 0.25) is 0 Å². The zero-order chi connectivity index (χ0) is 19.8. The summed E-state index contributed by atoms with van der Waals surface area (Å²) in [6.07, 6.45) is 0.411. The third-order valence-corrected chi connectivity index (χ3v) is 4.71. The summed E-state index contributed by atoms with van der Waals surface area (Å²) < 4.78 is 5.17. The Hall–Kier alpha value is -2.77. The number of carboxylic acid groups (broad SMARTS) is 1. The Bertz CT molecular complexity index is 754. The van der Waals surface area contributed by atoms with Crippen molar-refractivity contribution < 1.29 is 24.2 Å². The first-order valence-electron chi connectivity index (χ1n) is 8.27. The van der Waals surface area contributed by atoms with Crippen LogP contribution in [0, 0.1) is 0 Å². The molecule has 1 heterocycles. The number of anilines is 1. The molecule has 8 heteroatoms. The Morgan fingerprint density at radius 3 is 2.42 bits per heavy atom. The lowest BCUT2D eigenvalue weighted by atomic mass is 9.91. The van der Waals surface area contributed by atoms with E-state index in [-0.39, 0.29) is 12.2 Å². The highest BCUT2D eigenvalue weighted by molar-refractivity contribution is 6.35. The van der Waals surface area contributed by atoms with Gasteiger partial charge in [-0.1, -0.05) is 0 Å². The van der Waals surface area contributed by atoms with Crippen molar-refractivity contribution >= 4 is 23.5 Å². The van der Waals surface area contributed by atoms with Gasteiger partial charge in [0.25, 0.3) is 0 Å². The summed E-state index contributed by atoms with van der Waals surface area (Å²) in [5, 5.41) is 9.71. The van der Waals surface area contributed by atoms with Crippen molar-refractivity contribution in [2.24, 2.45) is 0 Å². The SMILES string of the molecule is COc1cc2c(cc1N)C(C(=O)O)N(C(=O)C(=O)N(C)C(C)(C)C)CC2. The number of hydrogen-bond acceptors (Lipinski definition) is 5. The molecule has 0 bridgehead atoms. The summed E-state index contributed by atoms with van der Waals surface area (Å²) in [7, 11) is 3.00. The second-order valence-corrected chi connectivity index (χ2v) is 7.32. The molecule has 2 rings (SSSR count). The van der Waals surface area contributed by atoms with Gasteiger partial charge in [-0.25, -0.2) is 4.79 Å². The molecule has 0 spiro atoms. The van der Waals surface area contributed by atoms with E-state index in [1.807, 2.05) is 0 Å². The number of nitrogen functional groups attached to an aromatic ring is 1. The van der Waals surface area contributed by atoms with E-state index in [2.05, 4.69) is 0 Å². The summed E-state index contributed by atoms with van der Waals surface area (Å²) in [5.41, 5.74) is 6.78. The molecule has 26 heavy (non-hydrogen) atoms. The molecule has 8 nitrogen and oxygen atoms in total. The first-order chi connectivity index (χ1) is 12.0. The molecule has 0 saturated carbocycles. The van der Waals surface area contributed by atoms with Crippen LogP contribution in [-0.2, 0) is 20.8 Å². The fourth-order valence-electron chi connectivity index (χ4n) is 2.90. The number of hydrogen-bond donors (Lipinski definition) is 2. The van der Waals surface area contributed by atoms with Crippen molar-refractivity contribution in [3.05, 3.63) is 23.3 Å². The number of nitrogens with two attached hydrogens (primary N) is 1. The minimum absolute atomic E-state index is 0.125. The molecular weight excluding hydrogens is 338 g/mol. The number of aliphatic carboxylic acids is 1. The van der Waals surface area contributed by atoms with Crippen LogP contribution >= 0.6 is 0 Å². The number of rotatable bonds is 2. The van der Waals surface area contributed by atoms with Crippen molar-refractivity contribution in [1.82, 2.24) is 9.80 Å². The van der Waals surface area contributed by atoms with E-state index in [1.54, 1.807) is 26.8 Å². The quantitative estimate of drug-likeness (QED) is 0.600. The number of carbonyl (C=O) groups is 3. The van der Waals surface area contributed by atoms with Crippen LogP contribution in [0.1, 0.15) is 37.9 Å². The molecule has 0 saturated heterocycles. The minimum Gasteiger partial charge on any atom is -0.495 e. The molecule has 1 atom stereocenters. The van der Waals surface area contributed by atoms with Gasteiger partial charge in [0.1, 0.15) is 5.75 Å². The summed E-state index contributed by atoms with van der Waals surface area (Å²) in [6, 6.07) is 1.92. The molecule has 1 aromatic carbocycles. The zero-order valence-electron chi connectivity index (χ0n) is 15.7. The average Bonchev–Trinajstić information content (AvgIpc) is 2.57. The molecule has 3 N–H and O–H groups in total. The van der Waals surface area contributed by atoms with Crippen LogP contribution in [0.4, 0.5) is 5.69 Å². The molecule has 2 amide bonds. The third kappa shape index (κ3) is 3.44. The van der Waals surface area contributed by atoms with Crippen LogP contribution in [0.3, 0.4) is 0 Å². The predicted octanol–water partition coefficient (Wildman–Crippen LogP) is 1.04. The molecule has 0 aliphatic carbocycles. The standard InChI is InChI=1S/C18H25N3O5/c1-18(2,3)20(4)15(22)16(23)21-7-6-10-8-13(26-5)12(19)9-11(10)14(21)17(24)25/h8-9,14H,6-7,19H2,1-5H3,(H,24,25). The maximum Gasteiger partial charge on any atom is 0.331 e. The van der Waals surface area contributed by atoms with E-state index in [1.165, 1.54) is 25.1 Å². The highest BCUT2D eigenvalue weighted by Gasteiger charge is 2.41. The maximum absolute atomic E-state index is 12.7. The van der Waals surface area contributed by atoms with Crippen LogP contribution in [0.5, 0.6) is 5.75 Å². The number of nitrogens with zero attached hydrogens (tertiary/aromatic N) is 2. The van der Waals surface area contributed by atoms with Gasteiger partial charge in [-0.2, -0.15) is 0 Å². The fourth-order valence-corrected chi connectivity index (χ4v) is 2.90. The van der Waals surface area contributed by atoms with Crippen LogP contribution in [-0.4, -0.2) is 58.9 Å². The first-order valence-corrected chi connectivity index (χ1v) is 8.27. The van der Waals surface area contributed by atoms with Crippen molar-refractivity contribution in [1.29, 1.82) is 0 Å². The largest absolute Gasteiger partial charge is 0.495 e. The Balaban J connectivity index is 2.43. The van der Waals surface area contributed by atoms with Crippen molar-refractivity contribution in [3.8, 4) is 5.75 Å². The van der Waals surface area contributed by atoms with Gasteiger partial charge in [-0.15, -0.1) is 0 Å². The normalized spacial score (nSPS) is 16.7. The highest BCUT2D eigenvalue weighted by atomic mass is 16.5. The summed E-state index contributed by atoms with van der Waals surface area (Å²) in [4.78, 5) is 39.6. The summed E-state index contributed by atoms with van der Waals surface area (Å²) >= 11 is 0. The van der Waals surface area contributed by atoms with Gasteiger partial charge in [0.05, 0.1) is 12.8 Å². The number of carbonyl (C=O) groups excluding carboxylic acids is 2. The number of amides is 2. The molecule has 1 unspecified atom stereocenters. The zero-order valence-corrected chi connectivity index (χ0v) is 15.7. The molecular formula is C18H25N3O5. The molecule has 0 radical (unpaired) electrons. The fraction of sp³-hybridized carbons (Fsp3) is 0.500. The number of benzene rings is 1. The smallest absolute Gasteiger partial charge is 0.331 e. The van der Waals surface area contributed by atoms with Gasteiger partial charge in [0, 0.05) is 19.1 Å². The predicted molar refractivity (Wildman–Crippen MR) is 95.7 cm³/mol. The topological polar surface area (TPSA) is 113 Å². The van der Waals surface area contributed by atoms with E-state index < -0.39 is 29.4 Å². The number of ether oxygens (including phenoxy) is 1. The Morgan fingerprint density at radius 1 is 1.31 bits per heavy atom. The molecule has 0 fully saturated rings. The maximum atomic E-state index is 12.7. The Morgan fingerprint density at radius 2 is 1.92 bits per heavy atom. The number of likely N-dealkylation sites (N-methyl/N-ethyl adjacent to an activating group) is 1. The second-order valence-electron chi connectivity index (χ2n) is 7.32. The van der Waals surface area contributed by atoms with Crippen molar-refractivity contribution in [3.63, 3.8) is 0 Å². The van der Waals surface area contributed by atoms with Gasteiger partial charge in [-0.3, -0.25) is 9.59 Å². The lowest BCUT2D eigenvalue weighted by Gasteiger charge is -2.37. The van der Waals surface area contributed by atoms with Gasteiger partial charge < -0.3 is 25.4 Å². The molecule has 0 aromatic heterocycles. The molecule has 1 aliphatic heterocycles. The number of fused-ring (bicyclic) bond motifs is 1. The lowest BCUT2D eigenvalue weighted by molar-refractivity contribution is -0.160. The number of carboxylic acids is 1. The highest BCUT2D eigenvalue weighted by Crippen LogP contribution is 2.36. The summed E-state index contributed by atoms with van der Waals surface area (Å²) in [6.45, 7) is 5.52. The van der Waals surface area contributed by atoms with Gasteiger partial charge >= 0.3 is 17.8 Å². The molecule has 1 aromatic rings. The van der Waals surface area contributed by atoms with Crippen LogP contribution in [0.15, 0.2) is 12.1 Å². The monoisotopic (exact) mass is 363 g/mol. The van der Waals surface area contributed by atoms with Crippen LogP contribution in [0.2, 0.25) is 0 Å². The van der Waals surface area contributed by atoms with E-state index in [9.17, 15) is 19.5 Å². The minimum atomic E-state index is -1.27. The van der Waals surface area contributed by atoms with E-state index in [0.29, 0.717) is 17.7 Å². The molecule has 1 aliphatic rings.